The smallest absolute Gasteiger partial charge is 0.240 e. The van der Waals surface area contributed by atoms with Crippen molar-refractivity contribution in [2.45, 2.75) is 50.2 Å². The van der Waals surface area contributed by atoms with Crippen molar-refractivity contribution in [3.05, 3.63) is 0 Å². The minimum absolute atomic E-state index is 0. The van der Waals surface area contributed by atoms with E-state index in [0.29, 0.717) is 19.5 Å². The Labute approximate surface area is 132 Å². The van der Waals surface area contributed by atoms with Crippen molar-refractivity contribution in [2.75, 3.05) is 26.2 Å². The highest BCUT2D eigenvalue weighted by Crippen LogP contribution is 2.25. The van der Waals surface area contributed by atoms with Crippen LogP contribution in [0.4, 0.5) is 4.39 Å². The third kappa shape index (κ3) is 5.35. The fourth-order valence-corrected chi connectivity index (χ4v) is 2.90. The third-order valence-electron chi connectivity index (χ3n) is 4.13. The van der Waals surface area contributed by atoms with Crippen LogP contribution in [0.25, 0.3) is 0 Å². The Morgan fingerprint density at radius 2 is 1.95 bits per heavy atom. The van der Waals surface area contributed by atoms with Crippen molar-refractivity contribution < 1.29 is 9.18 Å². The summed E-state index contributed by atoms with van der Waals surface area (Å²) in [5, 5.41) is 2.91. The Morgan fingerprint density at radius 1 is 1.30 bits per heavy atom. The zero-order valence-corrected chi connectivity index (χ0v) is 13.4. The molecule has 1 amide bonds. The first-order valence-electron chi connectivity index (χ1n) is 7.04. The number of halogens is 3. The minimum Gasteiger partial charge on any atom is -0.353 e. The molecule has 0 spiro atoms. The highest BCUT2D eigenvalue weighted by atomic mass is 35.5. The highest BCUT2D eigenvalue weighted by Gasteiger charge is 2.35. The molecular formula is C13H26Cl2FN3O. The number of carbonyl (C=O) groups is 1. The number of carbonyl (C=O) groups excluding carboxylic acids is 1. The number of alkyl halides is 1. The van der Waals surface area contributed by atoms with Crippen LogP contribution < -0.4 is 11.1 Å². The van der Waals surface area contributed by atoms with E-state index in [0.717, 1.165) is 38.8 Å². The molecular weight excluding hydrogens is 304 g/mol. The van der Waals surface area contributed by atoms with Gasteiger partial charge in [-0.2, -0.15) is 0 Å². The summed E-state index contributed by atoms with van der Waals surface area (Å²) in [5.41, 5.74) is 5.47. The van der Waals surface area contributed by atoms with Crippen LogP contribution >= 0.6 is 24.8 Å². The van der Waals surface area contributed by atoms with Gasteiger partial charge in [-0.25, -0.2) is 4.39 Å². The lowest BCUT2D eigenvalue weighted by molar-refractivity contribution is -0.127. The Balaban J connectivity index is 0.00000180. The van der Waals surface area contributed by atoms with Crippen molar-refractivity contribution >= 4 is 30.7 Å². The van der Waals surface area contributed by atoms with Crippen LogP contribution in [0, 0.1) is 0 Å². The lowest BCUT2D eigenvalue weighted by atomic mass is 9.82. The average Bonchev–Trinajstić information content (AvgIpc) is 2.76. The molecule has 1 aliphatic carbocycles. The zero-order valence-electron chi connectivity index (χ0n) is 11.8. The molecule has 2 aliphatic rings. The third-order valence-corrected chi connectivity index (χ3v) is 4.13. The quantitative estimate of drug-likeness (QED) is 0.824. The van der Waals surface area contributed by atoms with Crippen molar-refractivity contribution in [1.29, 1.82) is 0 Å². The van der Waals surface area contributed by atoms with E-state index in [4.69, 9.17) is 5.73 Å². The van der Waals surface area contributed by atoms with Gasteiger partial charge in [-0.05, 0) is 19.3 Å². The van der Waals surface area contributed by atoms with Crippen LogP contribution in [0.3, 0.4) is 0 Å². The first kappa shape index (κ1) is 19.9. The molecule has 0 aromatic heterocycles. The van der Waals surface area contributed by atoms with E-state index < -0.39 is 11.7 Å². The second-order valence-corrected chi connectivity index (χ2v) is 5.66. The summed E-state index contributed by atoms with van der Waals surface area (Å²) in [6.07, 6.45) is 4.76. The Hall–Kier alpha value is -0.100. The monoisotopic (exact) mass is 329 g/mol. The summed E-state index contributed by atoms with van der Waals surface area (Å²) < 4.78 is 13.0. The van der Waals surface area contributed by atoms with Crippen molar-refractivity contribution in [3.8, 4) is 0 Å². The number of nitrogens with two attached hydrogens (primary N) is 1. The summed E-state index contributed by atoms with van der Waals surface area (Å²) in [5.74, 6) is -0.0294. The van der Waals surface area contributed by atoms with Gasteiger partial charge in [0.1, 0.15) is 6.17 Å². The second-order valence-electron chi connectivity index (χ2n) is 5.66. The van der Waals surface area contributed by atoms with Gasteiger partial charge in [0.05, 0.1) is 5.54 Å². The number of nitrogens with zero attached hydrogens (tertiary/aromatic N) is 1. The molecule has 0 bridgehead atoms. The molecule has 120 valence electrons. The number of amides is 1. The van der Waals surface area contributed by atoms with Crippen molar-refractivity contribution in [1.82, 2.24) is 10.2 Å². The summed E-state index contributed by atoms with van der Waals surface area (Å²) in [6.45, 7) is 2.60. The molecule has 0 aromatic carbocycles. The molecule has 1 atom stereocenters. The fourth-order valence-electron chi connectivity index (χ4n) is 2.90. The maximum Gasteiger partial charge on any atom is 0.240 e. The number of rotatable bonds is 4. The predicted octanol–water partition coefficient (Wildman–Crippen LogP) is 1.65. The van der Waals surface area contributed by atoms with Gasteiger partial charge in [0.15, 0.2) is 0 Å². The molecule has 3 N–H and O–H groups in total. The van der Waals surface area contributed by atoms with E-state index in [2.05, 4.69) is 10.2 Å². The van der Waals surface area contributed by atoms with Gasteiger partial charge in [0, 0.05) is 26.2 Å². The Kier molecular flexibility index (Phi) is 8.98. The first-order valence-corrected chi connectivity index (χ1v) is 7.04. The van der Waals surface area contributed by atoms with Crippen LogP contribution in [-0.2, 0) is 4.79 Å². The van der Waals surface area contributed by atoms with Crippen molar-refractivity contribution in [2.24, 2.45) is 5.73 Å². The highest BCUT2D eigenvalue weighted by molar-refractivity contribution is 5.86. The predicted molar refractivity (Wildman–Crippen MR) is 83.5 cm³/mol. The van der Waals surface area contributed by atoms with E-state index in [9.17, 15) is 9.18 Å². The molecule has 0 radical (unpaired) electrons. The van der Waals surface area contributed by atoms with Crippen LogP contribution in [0.1, 0.15) is 38.5 Å². The lowest BCUT2D eigenvalue weighted by Crippen LogP contribution is -2.55. The van der Waals surface area contributed by atoms with E-state index in [1.165, 1.54) is 6.42 Å². The maximum atomic E-state index is 13.0. The number of hydrogen-bond donors (Lipinski definition) is 2. The van der Waals surface area contributed by atoms with Crippen LogP contribution in [0.2, 0.25) is 0 Å². The van der Waals surface area contributed by atoms with E-state index in [1.807, 2.05) is 0 Å². The average molecular weight is 330 g/mol. The van der Waals surface area contributed by atoms with Gasteiger partial charge in [0.2, 0.25) is 5.91 Å². The summed E-state index contributed by atoms with van der Waals surface area (Å²) >= 11 is 0. The van der Waals surface area contributed by atoms with Crippen LogP contribution in [0.15, 0.2) is 0 Å². The lowest BCUT2D eigenvalue weighted by Gasteiger charge is -2.32. The molecule has 1 saturated carbocycles. The molecule has 2 rings (SSSR count). The first-order chi connectivity index (χ1) is 8.60. The topological polar surface area (TPSA) is 58.4 Å². The molecule has 20 heavy (non-hydrogen) atoms. The molecule has 0 unspecified atom stereocenters. The second kappa shape index (κ2) is 9.03. The summed E-state index contributed by atoms with van der Waals surface area (Å²) in [7, 11) is 0. The zero-order chi connectivity index (χ0) is 13.0. The molecule has 1 saturated heterocycles. The largest absolute Gasteiger partial charge is 0.353 e. The van der Waals surface area contributed by atoms with Crippen LogP contribution in [0.5, 0.6) is 0 Å². The van der Waals surface area contributed by atoms with E-state index >= 15 is 0 Å². The summed E-state index contributed by atoms with van der Waals surface area (Å²) in [4.78, 5) is 14.1. The van der Waals surface area contributed by atoms with E-state index in [-0.39, 0.29) is 30.7 Å². The van der Waals surface area contributed by atoms with Gasteiger partial charge in [0.25, 0.3) is 0 Å². The maximum absolute atomic E-state index is 13.0. The molecule has 1 aliphatic heterocycles. The summed E-state index contributed by atoms with van der Waals surface area (Å²) in [6, 6.07) is 0. The standard InChI is InChI=1S/C13H24FN3O.2ClH/c14-11-4-8-17(10-11)9-7-16-12(18)13(15)5-2-1-3-6-13;;/h11H,1-10,15H2,(H,16,18);2*1H/t11-;;/m1../s1. The van der Waals surface area contributed by atoms with Crippen LogP contribution in [-0.4, -0.2) is 48.7 Å². The normalized spacial score (nSPS) is 25.4. The van der Waals surface area contributed by atoms with E-state index in [1.54, 1.807) is 0 Å². The van der Waals surface area contributed by atoms with Crippen molar-refractivity contribution in [3.63, 3.8) is 0 Å². The van der Waals surface area contributed by atoms with Gasteiger partial charge >= 0.3 is 0 Å². The Morgan fingerprint density at radius 3 is 2.50 bits per heavy atom. The minimum atomic E-state index is -0.695. The fraction of sp³-hybridized carbons (Fsp3) is 0.923. The molecule has 7 heteroatoms. The molecule has 4 nitrogen and oxygen atoms in total. The number of nitrogens with one attached hydrogen (secondary N) is 1. The van der Waals surface area contributed by atoms with Gasteiger partial charge in [-0.3, -0.25) is 9.69 Å². The van der Waals surface area contributed by atoms with Gasteiger partial charge in [-0.15, -0.1) is 24.8 Å². The molecule has 2 fully saturated rings. The van der Waals surface area contributed by atoms with Gasteiger partial charge < -0.3 is 11.1 Å². The van der Waals surface area contributed by atoms with Gasteiger partial charge in [-0.1, -0.05) is 19.3 Å². The molecule has 0 aromatic rings. The number of hydrogen-bond acceptors (Lipinski definition) is 3. The SMILES string of the molecule is Cl.Cl.NC1(C(=O)NCCN2CC[C@@H](F)C2)CCCCC1. The Bertz CT molecular complexity index is 301. The molecule has 1 heterocycles. The number of likely N-dealkylation sites (tertiary alicyclic amines) is 1.